The lowest BCUT2D eigenvalue weighted by Crippen LogP contribution is -2.48. The van der Waals surface area contributed by atoms with Crippen molar-refractivity contribution < 1.29 is 0 Å². The van der Waals surface area contributed by atoms with Crippen LogP contribution < -0.4 is 10.6 Å². The van der Waals surface area contributed by atoms with Gasteiger partial charge in [0.25, 0.3) is 0 Å². The van der Waals surface area contributed by atoms with Gasteiger partial charge in [0.05, 0.1) is 6.54 Å². The molecule has 1 fully saturated rings. The van der Waals surface area contributed by atoms with Gasteiger partial charge >= 0.3 is 0 Å². The quantitative estimate of drug-likeness (QED) is 0.325. The van der Waals surface area contributed by atoms with E-state index < -0.39 is 0 Å². The maximum absolute atomic E-state index is 5.25. The molecule has 0 saturated heterocycles. The summed E-state index contributed by atoms with van der Waals surface area (Å²) in [6.45, 7) is 1.43. The molecular formula is C15H29IN4. The molecule has 1 atom stereocenters. The molecular weight excluding hydrogens is 363 g/mol. The summed E-state index contributed by atoms with van der Waals surface area (Å²) in [6.07, 6.45) is 12.1. The third-order valence-corrected chi connectivity index (χ3v) is 3.92. The molecule has 116 valence electrons. The van der Waals surface area contributed by atoms with Gasteiger partial charge in [-0.3, -0.25) is 4.99 Å². The fourth-order valence-corrected chi connectivity index (χ4v) is 2.85. The minimum Gasteiger partial charge on any atom is -0.355 e. The Morgan fingerprint density at radius 1 is 1.30 bits per heavy atom. The van der Waals surface area contributed by atoms with Gasteiger partial charge in [-0.25, -0.2) is 0 Å². The van der Waals surface area contributed by atoms with Crippen molar-refractivity contribution in [2.75, 3.05) is 34.2 Å². The van der Waals surface area contributed by atoms with Gasteiger partial charge in [-0.1, -0.05) is 25.2 Å². The molecule has 0 heterocycles. The standard InChI is InChI=1S/C15H28N4.HI/c1-5-11-17-15(16-2)18-12-14(19(3)4)13-9-7-6-8-10-13;/h1,13-14H,6-12H2,2-4H3,(H2,16,17,18);1H. The number of nitrogens with one attached hydrogen (secondary N) is 2. The molecule has 1 aliphatic carbocycles. The molecule has 5 heteroatoms. The highest BCUT2D eigenvalue weighted by atomic mass is 127. The van der Waals surface area contributed by atoms with Crippen LogP contribution in [-0.2, 0) is 0 Å². The van der Waals surface area contributed by atoms with Crippen molar-refractivity contribution in [1.82, 2.24) is 15.5 Å². The molecule has 20 heavy (non-hydrogen) atoms. The van der Waals surface area contributed by atoms with Crippen LogP contribution in [0.2, 0.25) is 0 Å². The highest BCUT2D eigenvalue weighted by Crippen LogP contribution is 2.27. The second-order valence-corrected chi connectivity index (χ2v) is 5.44. The molecule has 1 saturated carbocycles. The molecule has 1 aliphatic rings. The average Bonchev–Trinajstić information content (AvgIpc) is 2.43. The van der Waals surface area contributed by atoms with E-state index in [0.29, 0.717) is 12.6 Å². The van der Waals surface area contributed by atoms with E-state index in [-0.39, 0.29) is 24.0 Å². The number of guanidine groups is 1. The van der Waals surface area contributed by atoms with Gasteiger partial charge in [-0.15, -0.1) is 30.4 Å². The van der Waals surface area contributed by atoms with Gasteiger partial charge in [-0.05, 0) is 32.9 Å². The topological polar surface area (TPSA) is 39.7 Å². The van der Waals surface area contributed by atoms with Crippen LogP contribution in [0, 0.1) is 18.3 Å². The van der Waals surface area contributed by atoms with Crippen molar-refractivity contribution >= 4 is 29.9 Å². The van der Waals surface area contributed by atoms with Crippen molar-refractivity contribution in [2.24, 2.45) is 10.9 Å². The summed E-state index contributed by atoms with van der Waals surface area (Å²) in [5, 5.41) is 6.49. The zero-order valence-corrected chi connectivity index (χ0v) is 15.3. The zero-order chi connectivity index (χ0) is 14.1. The van der Waals surface area contributed by atoms with Crippen LogP contribution in [0.1, 0.15) is 32.1 Å². The zero-order valence-electron chi connectivity index (χ0n) is 13.0. The SMILES string of the molecule is C#CCNC(=NC)NCC(C1CCCCC1)N(C)C.I. The van der Waals surface area contributed by atoms with E-state index >= 15 is 0 Å². The van der Waals surface area contributed by atoms with Gasteiger partial charge < -0.3 is 15.5 Å². The van der Waals surface area contributed by atoms with Crippen molar-refractivity contribution in [2.45, 2.75) is 38.1 Å². The van der Waals surface area contributed by atoms with Crippen molar-refractivity contribution in [1.29, 1.82) is 0 Å². The predicted octanol–water partition coefficient (Wildman–Crippen LogP) is 1.91. The molecule has 0 spiro atoms. The highest BCUT2D eigenvalue weighted by Gasteiger charge is 2.25. The predicted molar refractivity (Wildman–Crippen MR) is 97.7 cm³/mol. The first-order valence-corrected chi connectivity index (χ1v) is 7.23. The van der Waals surface area contributed by atoms with Crippen molar-refractivity contribution in [3.63, 3.8) is 0 Å². The van der Waals surface area contributed by atoms with Crippen LogP contribution >= 0.6 is 24.0 Å². The average molecular weight is 392 g/mol. The van der Waals surface area contributed by atoms with Crippen molar-refractivity contribution in [3.05, 3.63) is 0 Å². The number of hydrogen-bond donors (Lipinski definition) is 2. The lowest BCUT2D eigenvalue weighted by Gasteiger charge is -2.35. The molecule has 0 radical (unpaired) electrons. The van der Waals surface area contributed by atoms with E-state index in [9.17, 15) is 0 Å². The van der Waals surface area contributed by atoms with Gasteiger partial charge in [0, 0.05) is 19.6 Å². The number of hydrogen-bond acceptors (Lipinski definition) is 2. The number of nitrogens with zero attached hydrogens (tertiary/aromatic N) is 2. The Labute approximate surface area is 141 Å². The first-order chi connectivity index (χ1) is 9.19. The molecule has 0 bridgehead atoms. The lowest BCUT2D eigenvalue weighted by atomic mass is 9.83. The third kappa shape index (κ3) is 6.80. The van der Waals surface area contributed by atoms with E-state index in [1.165, 1.54) is 32.1 Å². The molecule has 0 amide bonds. The number of likely N-dealkylation sites (N-methyl/N-ethyl adjacent to an activating group) is 1. The van der Waals surface area contributed by atoms with Gasteiger partial charge in [-0.2, -0.15) is 0 Å². The Bertz CT molecular complexity index is 316. The van der Waals surface area contributed by atoms with E-state index in [1.54, 1.807) is 7.05 Å². The Morgan fingerprint density at radius 2 is 1.95 bits per heavy atom. The molecule has 0 aliphatic heterocycles. The maximum atomic E-state index is 5.25. The maximum Gasteiger partial charge on any atom is 0.191 e. The molecule has 1 rings (SSSR count). The number of rotatable bonds is 5. The monoisotopic (exact) mass is 392 g/mol. The normalized spacial score (nSPS) is 18.1. The highest BCUT2D eigenvalue weighted by molar-refractivity contribution is 14.0. The summed E-state index contributed by atoms with van der Waals surface area (Å²) in [7, 11) is 6.11. The molecule has 0 aromatic heterocycles. The fourth-order valence-electron chi connectivity index (χ4n) is 2.85. The third-order valence-electron chi connectivity index (χ3n) is 3.92. The van der Waals surface area contributed by atoms with Crippen LogP contribution in [0.3, 0.4) is 0 Å². The molecule has 4 nitrogen and oxygen atoms in total. The summed E-state index contributed by atoms with van der Waals surface area (Å²) in [5.74, 6) is 4.15. The molecule has 1 unspecified atom stereocenters. The van der Waals surface area contributed by atoms with Gasteiger partial charge in [0.15, 0.2) is 5.96 Å². The van der Waals surface area contributed by atoms with E-state index in [1.807, 2.05) is 0 Å². The van der Waals surface area contributed by atoms with Gasteiger partial charge in [0.1, 0.15) is 0 Å². The van der Waals surface area contributed by atoms with E-state index in [0.717, 1.165) is 18.4 Å². The van der Waals surface area contributed by atoms with Crippen LogP contribution in [0.5, 0.6) is 0 Å². The van der Waals surface area contributed by atoms with E-state index in [2.05, 4.69) is 40.5 Å². The van der Waals surface area contributed by atoms with Crippen LogP contribution in [0.4, 0.5) is 0 Å². The Morgan fingerprint density at radius 3 is 2.45 bits per heavy atom. The molecule has 2 N–H and O–H groups in total. The first kappa shape index (κ1) is 19.5. The van der Waals surface area contributed by atoms with Gasteiger partial charge in [0.2, 0.25) is 0 Å². The summed E-state index contributed by atoms with van der Waals surface area (Å²) in [6, 6.07) is 0.560. The Kier molecular flexibility index (Phi) is 10.9. The molecule has 0 aromatic rings. The number of terminal acetylenes is 1. The second-order valence-electron chi connectivity index (χ2n) is 5.44. The fraction of sp³-hybridized carbons (Fsp3) is 0.800. The van der Waals surface area contributed by atoms with Crippen LogP contribution in [-0.4, -0.2) is 51.1 Å². The Balaban J connectivity index is 0.00000361. The largest absolute Gasteiger partial charge is 0.355 e. The Hall–Kier alpha value is -0.480. The smallest absolute Gasteiger partial charge is 0.191 e. The minimum atomic E-state index is 0. The summed E-state index contributed by atoms with van der Waals surface area (Å²) >= 11 is 0. The summed E-state index contributed by atoms with van der Waals surface area (Å²) in [5.41, 5.74) is 0. The second kappa shape index (κ2) is 11.2. The first-order valence-electron chi connectivity index (χ1n) is 7.23. The lowest BCUT2D eigenvalue weighted by molar-refractivity contribution is 0.171. The van der Waals surface area contributed by atoms with Crippen LogP contribution in [0.15, 0.2) is 4.99 Å². The number of aliphatic imine (C=N–C) groups is 1. The van der Waals surface area contributed by atoms with Crippen molar-refractivity contribution in [3.8, 4) is 12.3 Å². The minimum absolute atomic E-state index is 0. The number of halogens is 1. The van der Waals surface area contributed by atoms with Crippen LogP contribution in [0.25, 0.3) is 0 Å². The summed E-state index contributed by atoms with van der Waals surface area (Å²) < 4.78 is 0. The van der Waals surface area contributed by atoms with E-state index in [4.69, 9.17) is 6.42 Å². The molecule has 0 aromatic carbocycles. The summed E-state index contributed by atoms with van der Waals surface area (Å²) in [4.78, 5) is 6.51.